The summed E-state index contributed by atoms with van der Waals surface area (Å²) in [7, 11) is 0. The van der Waals surface area contributed by atoms with Gasteiger partial charge in [-0.15, -0.1) is 11.3 Å². The maximum Gasteiger partial charge on any atom is 0.341 e. The number of amides is 1. The summed E-state index contributed by atoms with van der Waals surface area (Å²) in [6, 6.07) is 23.3. The third kappa shape index (κ3) is 5.12. The molecule has 5 rings (SSSR count). The van der Waals surface area contributed by atoms with Crippen molar-refractivity contribution in [1.82, 2.24) is 4.98 Å². The third-order valence-corrected chi connectivity index (χ3v) is 7.70. The van der Waals surface area contributed by atoms with Crippen molar-refractivity contribution in [1.29, 1.82) is 0 Å². The summed E-state index contributed by atoms with van der Waals surface area (Å²) in [4.78, 5) is 31.7. The molecular weight excluding hydrogens is 560 g/mol. The lowest BCUT2D eigenvalue weighted by Gasteiger charge is -2.13. The Morgan fingerprint density at radius 3 is 2.47 bits per heavy atom. The van der Waals surface area contributed by atoms with Crippen molar-refractivity contribution < 1.29 is 14.3 Å². The van der Waals surface area contributed by atoms with Crippen LogP contribution in [0.5, 0.6) is 0 Å². The second-order valence-corrected chi connectivity index (χ2v) is 10.7. The van der Waals surface area contributed by atoms with E-state index in [-0.39, 0.29) is 12.5 Å². The number of hydrogen-bond acceptors (Lipinski definition) is 5. The summed E-state index contributed by atoms with van der Waals surface area (Å²) in [6.45, 7) is 6.09. The Balaban J connectivity index is 1.59. The van der Waals surface area contributed by atoms with Gasteiger partial charge in [-0.1, -0.05) is 70.0 Å². The standard InChI is InChI=1S/C31H25BrN2O3S/c1-4-37-31(36)28-25(20-10-12-21(32)13-11-20)17-38-30(28)34-29(35)24-16-27(22-14-9-18(2)15-19(22)3)33-26-8-6-5-7-23(24)26/h5-17H,4H2,1-3H3,(H,34,35). The lowest BCUT2D eigenvalue weighted by Crippen LogP contribution is -2.15. The molecule has 3 aromatic carbocycles. The average molecular weight is 586 g/mol. The van der Waals surface area contributed by atoms with Crippen molar-refractivity contribution in [2.45, 2.75) is 20.8 Å². The number of nitrogens with one attached hydrogen (secondary N) is 1. The molecule has 0 bridgehead atoms. The molecule has 0 radical (unpaired) electrons. The molecule has 0 saturated carbocycles. The molecule has 1 amide bonds. The predicted molar refractivity (Wildman–Crippen MR) is 158 cm³/mol. The molecule has 0 atom stereocenters. The minimum Gasteiger partial charge on any atom is -0.462 e. The number of carbonyl (C=O) groups is 2. The van der Waals surface area contributed by atoms with Crippen LogP contribution in [-0.2, 0) is 4.74 Å². The van der Waals surface area contributed by atoms with Gasteiger partial charge in [0.1, 0.15) is 10.6 Å². The van der Waals surface area contributed by atoms with E-state index >= 15 is 0 Å². The summed E-state index contributed by atoms with van der Waals surface area (Å²) in [5.74, 6) is -0.790. The van der Waals surface area contributed by atoms with Crippen LogP contribution >= 0.6 is 27.3 Å². The van der Waals surface area contributed by atoms with E-state index < -0.39 is 5.97 Å². The van der Waals surface area contributed by atoms with Gasteiger partial charge >= 0.3 is 5.97 Å². The van der Waals surface area contributed by atoms with E-state index in [1.165, 1.54) is 11.3 Å². The van der Waals surface area contributed by atoms with Gasteiger partial charge in [-0.3, -0.25) is 4.79 Å². The highest BCUT2D eigenvalue weighted by atomic mass is 79.9. The van der Waals surface area contributed by atoms with Crippen molar-refractivity contribution >= 4 is 55.0 Å². The van der Waals surface area contributed by atoms with E-state index in [0.29, 0.717) is 21.7 Å². The van der Waals surface area contributed by atoms with Gasteiger partial charge in [-0.25, -0.2) is 9.78 Å². The highest BCUT2D eigenvalue weighted by molar-refractivity contribution is 9.10. The highest BCUT2D eigenvalue weighted by Crippen LogP contribution is 2.37. The second kappa shape index (κ2) is 10.9. The largest absolute Gasteiger partial charge is 0.462 e. The lowest BCUT2D eigenvalue weighted by molar-refractivity contribution is 0.0529. The zero-order valence-corrected chi connectivity index (χ0v) is 23.6. The average Bonchev–Trinajstić information content (AvgIpc) is 3.32. The molecular formula is C31H25BrN2O3S. The number of pyridine rings is 1. The van der Waals surface area contributed by atoms with Gasteiger partial charge in [0.15, 0.2) is 0 Å². The van der Waals surface area contributed by atoms with Gasteiger partial charge in [0.25, 0.3) is 5.91 Å². The normalized spacial score (nSPS) is 10.9. The number of thiophene rings is 1. The van der Waals surface area contributed by atoms with Crippen LogP contribution in [0.4, 0.5) is 5.00 Å². The molecule has 0 aliphatic carbocycles. The van der Waals surface area contributed by atoms with E-state index in [1.807, 2.05) is 86.0 Å². The first-order chi connectivity index (χ1) is 18.4. The topological polar surface area (TPSA) is 68.3 Å². The maximum absolute atomic E-state index is 13.8. The molecule has 0 unspecified atom stereocenters. The molecule has 2 heterocycles. The molecule has 0 saturated heterocycles. The first kappa shape index (κ1) is 25.8. The summed E-state index contributed by atoms with van der Waals surface area (Å²) >= 11 is 4.76. The number of aromatic nitrogens is 1. The Bertz CT molecular complexity index is 1680. The number of hydrogen-bond donors (Lipinski definition) is 1. The molecule has 38 heavy (non-hydrogen) atoms. The maximum atomic E-state index is 13.8. The van der Waals surface area contributed by atoms with Crippen LogP contribution in [-0.4, -0.2) is 23.5 Å². The van der Waals surface area contributed by atoms with Crippen LogP contribution in [0.2, 0.25) is 0 Å². The number of esters is 1. The Morgan fingerprint density at radius 2 is 1.74 bits per heavy atom. The minimum absolute atomic E-state index is 0.232. The fraction of sp³-hybridized carbons (Fsp3) is 0.129. The summed E-state index contributed by atoms with van der Waals surface area (Å²) < 4.78 is 6.30. The molecule has 190 valence electrons. The van der Waals surface area contributed by atoms with Gasteiger partial charge in [0, 0.05) is 26.4 Å². The Kier molecular flexibility index (Phi) is 7.40. The molecule has 7 heteroatoms. The van der Waals surface area contributed by atoms with Crippen LogP contribution in [0.1, 0.15) is 38.8 Å². The van der Waals surface area contributed by atoms with Crippen LogP contribution in [0, 0.1) is 13.8 Å². The quantitative estimate of drug-likeness (QED) is 0.203. The van der Waals surface area contributed by atoms with Gasteiger partial charge in [-0.05, 0) is 56.2 Å². The summed E-state index contributed by atoms with van der Waals surface area (Å²) in [5.41, 5.74) is 7.07. The number of para-hydroxylation sites is 1. The summed E-state index contributed by atoms with van der Waals surface area (Å²) in [6.07, 6.45) is 0. The molecule has 0 fully saturated rings. The molecule has 2 aromatic heterocycles. The Hall–Kier alpha value is -3.81. The Morgan fingerprint density at radius 1 is 0.974 bits per heavy atom. The predicted octanol–water partition coefficient (Wildman–Crippen LogP) is 8.44. The number of halogens is 1. The summed E-state index contributed by atoms with van der Waals surface area (Å²) in [5, 5.41) is 6.06. The number of nitrogens with zero attached hydrogens (tertiary/aromatic N) is 1. The van der Waals surface area contributed by atoms with E-state index in [0.717, 1.165) is 43.3 Å². The second-order valence-electron chi connectivity index (χ2n) is 8.93. The molecule has 5 nitrogen and oxygen atoms in total. The zero-order chi connectivity index (χ0) is 26.8. The van der Waals surface area contributed by atoms with Crippen LogP contribution in [0.3, 0.4) is 0 Å². The number of carbonyl (C=O) groups excluding carboxylic acids is 2. The molecule has 0 aliphatic rings. The van der Waals surface area contributed by atoms with Crippen LogP contribution < -0.4 is 5.32 Å². The first-order valence-corrected chi connectivity index (χ1v) is 13.9. The van der Waals surface area contributed by atoms with Gasteiger partial charge in [0.05, 0.1) is 23.4 Å². The fourth-order valence-corrected chi connectivity index (χ4v) is 5.69. The van der Waals surface area contributed by atoms with E-state index in [4.69, 9.17) is 9.72 Å². The molecule has 0 aliphatic heterocycles. The smallest absolute Gasteiger partial charge is 0.341 e. The number of aryl methyl sites for hydroxylation is 2. The highest BCUT2D eigenvalue weighted by Gasteiger charge is 2.24. The number of ether oxygens (including phenoxy) is 1. The van der Waals surface area contributed by atoms with Crippen LogP contribution in [0.25, 0.3) is 33.3 Å². The van der Waals surface area contributed by atoms with Crippen molar-refractivity contribution in [2.24, 2.45) is 0 Å². The number of anilines is 1. The van der Waals surface area contributed by atoms with Gasteiger partial charge in [-0.2, -0.15) is 0 Å². The molecule has 1 N–H and O–H groups in total. The van der Waals surface area contributed by atoms with Crippen LogP contribution in [0.15, 0.2) is 82.6 Å². The number of fused-ring (bicyclic) bond motifs is 1. The SMILES string of the molecule is CCOC(=O)c1c(-c2ccc(Br)cc2)csc1NC(=O)c1cc(-c2ccc(C)cc2C)nc2ccccc12. The third-order valence-electron chi connectivity index (χ3n) is 6.27. The van der Waals surface area contributed by atoms with Crippen molar-refractivity contribution in [2.75, 3.05) is 11.9 Å². The van der Waals surface area contributed by atoms with Crippen molar-refractivity contribution in [3.63, 3.8) is 0 Å². The van der Waals surface area contributed by atoms with Gasteiger partial charge in [0.2, 0.25) is 0 Å². The van der Waals surface area contributed by atoms with Crippen molar-refractivity contribution in [3.05, 3.63) is 105 Å². The number of benzene rings is 3. The van der Waals surface area contributed by atoms with Gasteiger partial charge < -0.3 is 10.1 Å². The van der Waals surface area contributed by atoms with E-state index in [9.17, 15) is 9.59 Å². The molecule has 5 aromatic rings. The minimum atomic E-state index is -0.475. The lowest BCUT2D eigenvalue weighted by atomic mass is 9.99. The fourth-order valence-electron chi connectivity index (χ4n) is 4.47. The first-order valence-electron chi connectivity index (χ1n) is 12.2. The van der Waals surface area contributed by atoms with E-state index in [2.05, 4.69) is 27.3 Å². The number of rotatable bonds is 6. The zero-order valence-electron chi connectivity index (χ0n) is 21.2. The van der Waals surface area contributed by atoms with E-state index in [1.54, 1.807) is 6.92 Å². The Labute approximate surface area is 233 Å². The van der Waals surface area contributed by atoms with Crippen molar-refractivity contribution in [3.8, 4) is 22.4 Å². The monoisotopic (exact) mass is 584 g/mol. The molecule has 0 spiro atoms.